The standard InChI is InChI=1S/C7H21GeN3/c8-7(1-4-9,2-5-10)3-6-11/h1-6,9-11H2,8H3. The van der Waals surface area contributed by atoms with E-state index in [4.69, 9.17) is 17.2 Å². The topological polar surface area (TPSA) is 78.1 Å². The minimum absolute atomic E-state index is 0.464. The Kier molecular flexibility index (Phi) is 6.23. The Balaban J connectivity index is 3.79. The van der Waals surface area contributed by atoms with Gasteiger partial charge in [-0.2, -0.15) is 0 Å². The molecule has 6 N–H and O–H groups in total. The van der Waals surface area contributed by atoms with Crippen molar-refractivity contribution in [2.45, 2.75) is 23.5 Å². The fourth-order valence-corrected chi connectivity index (χ4v) is 3.24. The first kappa shape index (κ1) is 11.4. The number of rotatable bonds is 6. The summed E-state index contributed by atoms with van der Waals surface area (Å²) in [5, 5.41) is 0. The molecule has 0 heterocycles. The van der Waals surface area contributed by atoms with Crippen LogP contribution in [0.1, 0.15) is 19.3 Å². The molecule has 0 unspecified atom stereocenters. The van der Waals surface area contributed by atoms with Gasteiger partial charge in [-0.05, 0) is 0 Å². The Morgan fingerprint density at radius 3 is 1.27 bits per heavy atom. The van der Waals surface area contributed by atoms with Crippen molar-refractivity contribution in [1.29, 1.82) is 0 Å². The van der Waals surface area contributed by atoms with Crippen molar-refractivity contribution >= 4 is 16.5 Å². The second kappa shape index (κ2) is 6.00. The quantitative estimate of drug-likeness (QED) is 0.479. The molecule has 0 saturated heterocycles. The summed E-state index contributed by atoms with van der Waals surface area (Å²) in [4.78, 5) is 0. The first-order chi connectivity index (χ1) is 5.18. The van der Waals surface area contributed by atoms with Crippen LogP contribution in [0, 0.1) is 0 Å². The second-order valence-electron chi connectivity index (χ2n) is 3.43. The number of nitrogens with two attached hydrogens (primary N) is 3. The van der Waals surface area contributed by atoms with Crippen LogP contribution in [-0.4, -0.2) is 36.1 Å². The van der Waals surface area contributed by atoms with Gasteiger partial charge in [0.05, 0.1) is 0 Å². The molecule has 11 heavy (non-hydrogen) atoms. The van der Waals surface area contributed by atoms with Crippen LogP contribution in [0.4, 0.5) is 0 Å². The molecule has 0 aromatic heterocycles. The fraction of sp³-hybridized carbons (Fsp3) is 1.00. The summed E-state index contributed by atoms with van der Waals surface area (Å²) >= 11 is 0.790. The van der Waals surface area contributed by atoms with E-state index in [1.807, 2.05) is 0 Å². The monoisotopic (exact) mass is 221 g/mol. The molecular formula is C7H21GeN3. The maximum atomic E-state index is 5.52. The van der Waals surface area contributed by atoms with Crippen molar-refractivity contribution in [3.05, 3.63) is 0 Å². The predicted octanol–water partition coefficient (Wildman–Crippen LogP) is -1.44. The van der Waals surface area contributed by atoms with E-state index in [-0.39, 0.29) is 0 Å². The van der Waals surface area contributed by atoms with Gasteiger partial charge in [-0.25, -0.2) is 0 Å². The molecule has 0 aromatic rings. The predicted molar refractivity (Wildman–Crippen MR) is 53.6 cm³/mol. The SMILES string of the molecule is NCC[C]([GeH3])(CCN)CCN. The molecular weight excluding hydrogens is 199 g/mol. The van der Waals surface area contributed by atoms with Crippen molar-refractivity contribution in [3.63, 3.8) is 0 Å². The molecule has 0 aliphatic heterocycles. The summed E-state index contributed by atoms with van der Waals surface area (Å²) in [6.45, 7) is 2.34. The molecule has 0 spiro atoms. The zero-order chi connectivity index (χ0) is 8.74. The first-order valence-corrected chi connectivity index (χ1v) is 6.38. The normalized spacial score (nSPS) is 12.3. The van der Waals surface area contributed by atoms with Crippen molar-refractivity contribution < 1.29 is 0 Å². The van der Waals surface area contributed by atoms with Crippen LogP contribution in [0.15, 0.2) is 0 Å². The van der Waals surface area contributed by atoms with Crippen LogP contribution in [0.3, 0.4) is 0 Å². The van der Waals surface area contributed by atoms with Crippen LogP contribution >= 0.6 is 0 Å². The van der Waals surface area contributed by atoms with E-state index in [1.165, 1.54) is 0 Å². The van der Waals surface area contributed by atoms with Gasteiger partial charge in [-0.3, -0.25) is 0 Å². The first-order valence-electron chi connectivity index (χ1n) is 4.29. The van der Waals surface area contributed by atoms with E-state index in [1.54, 1.807) is 0 Å². The minimum atomic E-state index is 0.464. The second-order valence-corrected chi connectivity index (χ2v) is 7.88. The van der Waals surface area contributed by atoms with Gasteiger partial charge in [0.15, 0.2) is 0 Å². The van der Waals surface area contributed by atoms with E-state index < -0.39 is 0 Å². The van der Waals surface area contributed by atoms with E-state index in [9.17, 15) is 0 Å². The molecule has 68 valence electrons. The molecule has 0 atom stereocenters. The third kappa shape index (κ3) is 4.79. The van der Waals surface area contributed by atoms with Crippen LogP contribution < -0.4 is 17.2 Å². The molecule has 0 fully saturated rings. The molecule has 0 bridgehead atoms. The van der Waals surface area contributed by atoms with Crippen molar-refractivity contribution in [2.24, 2.45) is 17.2 Å². The third-order valence-corrected chi connectivity index (χ3v) is 5.39. The van der Waals surface area contributed by atoms with Crippen LogP contribution in [0.25, 0.3) is 0 Å². The molecule has 0 rings (SSSR count). The molecule has 0 aliphatic rings. The Labute approximate surface area is 77.3 Å². The van der Waals surface area contributed by atoms with Gasteiger partial charge in [0.25, 0.3) is 0 Å². The molecule has 0 saturated carbocycles. The van der Waals surface area contributed by atoms with E-state index in [0.29, 0.717) is 4.25 Å². The number of hydrogen-bond donors (Lipinski definition) is 3. The van der Waals surface area contributed by atoms with Crippen molar-refractivity contribution in [3.8, 4) is 0 Å². The summed E-state index contributed by atoms with van der Waals surface area (Å²) in [7, 11) is 0. The Bertz CT molecular complexity index is 80.7. The van der Waals surface area contributed by atoms with Crippen molar-refractivity contribution in [1.82, 2.24) is 0 Å². The molecule has 0 aliphatic carbocycles. The van der Waals surface area contributed by atoms with Gasteiger partial charge >= 0.3 is 76.9 Å². The van der Waals surface area contributed by atoms with Crippen molar-refractivity contribution in [2.75, 3.05) is 19.6 Å². The molecule has 0 radical (unpaired) electrons. The van der Waals surface area contributed by atoms with Crippen LogP contribution in [-0.2, 0) is 0 Å². The third-order valence-electron chi connectivity index (χ3n) is 2.24. The van der Waals surface area contributed by atoms with E-state index >= 15 is 0 Å². The summed E-state index contributed by atoms with van der Waals surface area (Å²) in [5.41, 5.74) is 16.6. The summed E-state index contributed by atoms with van der Waals surface area (Å²) in [5.74, 6) is 0. The Hall–Kier alpha value is 0.423. The Morgan fingerprint density at radius 1 is 0.818 bits per heavy atom. The molecule has 0 amide bonds. The summed E-state index contributed by atoms with van der Waals surface area (Å²) < 4.78 is 0.464. The van der Waals surface area contributed by atoms with Gasteiger partial charge in [-0.1, -0.05) is 0 Å². The van der Waals surface area contributed by atoms with E-state index in [2.05, 4.69) is 0 Å². The molecule has 0 aromatic carbocycles. The average Bonchev–Trinajstić information content (AvgIpc) is 1.88. The fourth-order valence-electron chi connectivity index (χ4n) is 1.42. The number of hydrogen-bond acceptors (Lipinski definition) is 3. The van der Waals surface area contributed by atoms with Gasteiger partial charge in [0, 0.05) is 0 Å². The van der Waals surface area contributed by atoms with Gasteiger partial charge in [0.2, 0.25) is 0 Å². The van der Waals surface area contributed by atoms with Crippen LogP contribution in [0.2, 0.25) is 4.25 Å². The van der Waals surface area contributed by atoms with Gasteiger partial charge in [0.1, 0.15) is 0 Å². The molecule has 3 nitrogen and oxygen atoms in total. The summed E-state index contributed by atoms with van der Waals surface area (Å²) in [6.07, 6.45) is 3.34. The van der Waals surface area contributed by atoms with Gasteiger partial charge in [-0.15, -0.1) is 0 Å². The maximum absolute atomic E-state index is 5.52. The average molecular weight is 220 g/mol. The van der Waals surface area contributed by atoms with Gasteiger partial charge < -0.3 is 0 Å². The zero-order valence-electron chi connectivity index (χ0n) is 7.47. The zero-order valence-corrected chi connectivity index (χ0v) is 11.7. The van der Waals surface area contributed by atoms with Crippen LogP contribution in [0.5, 0.6) is 0 Å². The molecule has 4 heteroatoms. The van der Waals surface area contributed by atoms with E-state index in [0.717, 1.165) is 55.4 Å². The summed E-state index contributed by atoms with van der Waals surface area (Å²) in [6, 6.07) is 0. The Morgan fingerprint density at radius 2 is 1.09 bits per heavy atom.